The zero-order valence-corrected chi connectivity index (χ0v) is 12.0. The topological polar surface area (TPSA) is 4.44 Å². The summed E-state index contributed by atoms with van der Waals surface area (Å²) in [5.74, 6) is 0. The first-order valence-corrected chi connectivity index (χ1v) is 7.45. The Kier molecular flexibility index (Phi) is 4.43. The van der Waals surface area contributed by atoms with Crippen molar-refractivity contribution in [2.75, 3.05) is 14.1 Å². The van der Waals surface area contributed by atoms with Crippen molar-refractivity contribution in [2.24, 2.45) is 0 Å². The maximum absolute atomic E-state index is 10.7. The standard InChI is InChI=1S/C11H17N.F6P/c1-11(2,12(3)4)10-8-6-5-7-9-10;1-7(2,3,4,5)6/h5-9H,1-4H3;/q;-1/p+1. The summed E-state index contributed by atoms with van der Waals surface area (Å²) in [5.41, 5.74) is 1.60. The molecule has 0 amide bonds. The Morgan fingerprint density at radius 2 is 1.16 bits per heavy atom. The van der Waals surface area contributed by atoms with E-state index in [0.29, 0.717) is 0 Å². The van der Waals surface area contributed by atoms with Crippen molar-refractivity contribution in [3.8, 4) is 0 Å². The Bertz CT molecular complexity index is 397. The fourth-order valence-electron chi connectivity index (χ4n) is 1.14. The van der Waals surface area contributed by atoms with E-state index in [1.807, 2.05) is 0 Å². The van der Waals surface area contributed by atoms with Gasteiger partial charge in [-0.2, -0.15) is 0 Å². The Hall–Kier alpha value is -0.810. The van der Waals surface area contributed by atoms with E-state index in [-0.39, 0.29) is 5.54 Å². The molecule has 0 radical (unpaired) electrons. The van der Waals surface area contributed by atoms with Crippen LogP contribution in [0.5, 0.6) is 0 Å². The molecule has 0 aliphatic heterocycles. The molecule has 0 atom stereocenters. The Labute approximate surface area is 108 Å². The molecule has 114 valence electrons. The molecule has 1 aromatic rings. The van der Waals surface area contributed by atoms with Gasteiger partial charge in [0.25, 0.3) is 0 Å². The molecule has 0 aliphatic carbocycles. The van der Waals surface area contributed by atoms with Crippen molar-refractivity contribution in [3.63, 3.8) is 0 Å². The molecule has 0 fully saturated rings. The van der Waals surface area contributed by atoms with Gasteiger partial charge in [0.05, 0.1) is 14.1 Å². The summed E-state index contributed by atoms with van der Waals surface area (Å²) in [5, 5.41) is 0. The van der Waals surface area contributed by atoms with E-state index < -0.39 is 7.81 Å². The summed E-state index contributed by atoms with van der Waals surface area (Å²) < 4.78 is 59.2. The molecular weight excluding hydrogens is 291 g/mol. The van der Waals surface area contributed by atoms with E-state index in [9.17, 15) is 25.2 Å². The summed E-state index contributed by atoms with van der Waals surface area (Å²) in [7, 11) is -6.28. The van der Waals surface area contributed by atoms with Crippen LogP contribution in [0.25, 0.3) is 0 Å². The van der Waals surface area contributed by atoms with Crippen molar-refractivity contribution >= 4 is 7.81 Å². The van der Waals surface area contributed by atoms with Crippen LogP contribution in [0.15, 0.2) is 30.3 Å². The van der Waals surface area contributed by atoms with E-state index in [1.165, 1.54) is 10.5 Å². The third-order valence-corrected chi connectivity index (χ3v) is 2.75. The zero-order valence-electron chi connectivity index (χ0n) is 11.1. The van der Waals surface area contributed by atoms with Gasteiger partial charge in [0, 0.05) is 5.56 Å². The number of rotatable bonds is 2. The van der Waals surface area contributed by atoms with Crippen LogP contribution in [-0.2, 0) is 5.54 Å². The summed E-state index contributed by atoms with van der Waals surface area (Å²) in [6.45, 7) is 4.52. The molecule has 0 saturated heterocycles. The predicted molar refractivity (Wildman–Crippen MR) is 65.8 cm³/mol. The summed E-state index contributed by atoms with van der Waals surface area (Å²) in [4.78, 5) is 1.45. The second-order valence-corrected chi connectivity index (χ2v) is 6.87. The molecule has 0 bridgehead atoms. The van der Waals surface area contributed by atoms with Gasteiger partial charge in [-0.1, -0.05) is 30.3 Å². The van der Waals surface area contributed by atoms with Gasteiger partial charge in [0.15, 0.2) is 0 Å². The average Bonchev–Trinajstić information content (AvgIpc) is 2.14. The van der Waals surface area contributed by atoms with Gasteiger partial charge in [-0.05, 0) is 13.8 Å². The predicted octanol–water partition coefficient (Wildman–Crippen LogP) is 4.45. The van der Waals surface area contributed by atoms with Gasteiger partial charge < -0.3 is 4.90 Å². The van der Waals surface area contributed by atoms with E-state index >= 15 is 0 Å². The maximum atomic E-state index is 9.87. The van der Waals surface area contributed by atoms with Crippen LogP contribution in [-0.4, -0.2) is 14.1 Å². The average molecular weight is 309 g/mol. The van der Waals surface area contributed by atoms with Crippen LogP contribution in [0, 0.1) is 0 Å². The van der Waals surface area contributed by atoms with E-state index in [4.69, 9.17) is 0 Å². The van der Waals surface area contributed by atoms with Gasteiger partial charge in [0.1, 0.15) is 5.54 Å². The molecule has 8 heteroatoms. The number of benzene rings is 1. The number of quaternary nitrogens is 1. The van der Waals surface area contributed by atoms with Crippen LogP contribution in [0.4, 0.5) is 25.2 Å². The number of halogens is 6. The molecule has 1 nitrogen and oxygen atoms in total. The number of hydrogen-bond donors (Lipinski definition) is 1. The normalized spacial score (nSPS) is 16.2. The Morgan fingerprint density at radius 3 is 1.42 bits per heavy atom. The third kappa shape index (κ3) is 10.8. The first-order chi connectivity index (χ1) is 8.00. The molecule has 1 aromatic carbocycles. The Morgan fingerprint density at radius 1 is 0.842 bits per heavy atom. The summed E-state index contributed by atoms with van der Waals surface area (Å²) >= 11 is 0. The molecule has 1 N–H and O–H groups in total. The molecule has 0 spiro atoms. The minimum absolute atomic E-state index is 0.210. The molecular formula is C11H18F6NP. The fourth-order valence-corrected chi connectivity index (χ4v) is 1.14. The van der Waals surface area contributed by atoms with E-state index in [2.05, 4.69) is 58.3 Å². The molecule has 1 rings (SSSR count). The quantitative estimate of drug-likeness (QED) is 0.608. The van der Waals surface area contributed by atoms with Gasteiger partial charge in [-0.3, -0.25) is 0 Å². The monoisotopic (exact) mass is 309 g/mol. The second-order valence-electron chi connectivity index (χ2n) is 4.95. The van der Waals surface area contributed by atoms with Crippen molar-refractivity contribution in [2.45, 2.75) is 19.4 Å². The van der Waals surface area contributed by atoms with Crippen LogP contribution in [0.1, 0.15) is 19.4 Å². The molecule has 0 heterocycles. The molecule has 19 heavy (non-hydrogen) atoms. The summed E-state index contributed by atoms with van der Waals surface area (Å²) in [6, 6.07) is 10.6. The van der Waals surface area contributed by atoms with Crippen molar-refractivity contribution < 1.29 is 30.1 Å². The number of nitrogens with one attached hydrogen (secondary N) is 1. The van der Waals surface area contributed by atoms with Crippen LogP contribution >= 0.6 is 7.81 Å². The van der Waals surface area contributed by atoms with Gasteiger partial charge >= 0.3 is 33.0 Å². The van der Waals surface area contributed by atoms with Crippen molar-refractivity contribution in [1.82, 2.24) is 0 Å². The van der Waals surface area contributed by atoms with Crippen LogP contribution in [0.2, 0.25) is 0 Å². The first-order valence-electron chi connectivity index (χ1n) is 5.42. The molecule has 0 saturated carbocycles. The zero-order chi connectivity index (χ0) is 15.6. The minimum atomic E-state index is -10.7. The van der Waals surface area contributed by atoms with E-state index in [0.717, 1.165) is 0 Å². The van der Waals surface area contributed by atoms with E-state index in [1.54, 1.807) is 0 Å². The SMILES string of the molecule is C[NH+](C)C(C)(C)c1ccccc1.F[P-](F)(F)(F)(F)F. The van der Waals surface area contributed by atoms with Crippen molar-refractivity contribution in [3.05, 3.63) is 35.9 Å². The molecule has 0 aromatic heterocycles. The third-order valence-electron chi connectivity index (χ3n) is 2.75. The molecule has 0 unspecified atom stereocenters. The van der Waals surface area contributed by atoms with Gasteiger partial charge in [-0.25, -0.2) is 0 Å². The number of hydrogen-bond acceptors (Lipinski definition) is 0. The Balaban J connectivity index is 0.000000399. The first kappa shape index (κ1) is 18.2. The summed E-state index contributed by atoms with van der Waals surface area (Å²) in [6.07, 6.45) is 0. The fraction of sp³-hybridized carbons (Fsp3) is 0.455. The van der Waals surface area contributed by atoms with Gasteiger partial charge in [-0.15, -0.1) is 0 Å². The van der Waals surface area contributed by atoms with Crippen molar-refractivity contribution in [1.29, 1.82) is 0 Å². The molecule has 0 aliphatic rings. The second kappa shape index (κ2) is 4.63. The van der Waals surface area contributed by atoms with Crippen LogP contribution in [0.3, 0.4) is 0 Å². The van der Waals surface area contributed by atoms with Gasteiger partial charge in [0.2, 0.25) is 0 Å². The van der Waals surface area contributed by atoms with Crippen LogP contribution < -0.4 is 4.90 Å².